The number of nitrogens with one attached hydrogen (secondary N) is 1. The first-order chi connectivity index (χ1) is 6.74. The maximum Gasteiger partial charge on any atom is 0.106 e. The number of nitrogens with zero attached hydrogens (tertiary/aromatic N) is 1. The van der Waals surface area contributed by atoms with E-state index in [0.29, 0.717) is 12.1 Å². The summed E-state index contributed by atoms with van der Waals surface area (Å²) in [7, 11) is 0. The van der Waals surface area contributed by atoms with Gasteiger partial charge in [0.2, 0.25) is 0 Å². The molecule has 0 radical (unpaired) electrons. The zero-order valence-electron chi connectivity index (χ0n) is 7.91. The smallest absolute Gasteiger partial charge is 0.106 e. The first-order valence-electron chi connectivity index (χ1n) is 4.88. The highest BCUT2D eigenvalue weighted by atomic mass is 79.9. The first kappa shape index (κ1) is 9.93. The Hall–Kier alpha value is -0.610. The molecular weight excluding hydrogens is 242 g/mol. The molecule has 0 bridgehead atoms. The van der Waals surface area contributed by atoms with Gasteiger partial charge in [0.05, 0.1) is 11.9 Å². The number of halogens is 1. The molecule has 2 rings (SSSR count). The summed E-state index contributed by atoms with van der Waals surface area (Å²) in [5, 5.41) is 3.44. The van der Waals surface area contributed by atoms with Crippen molar-refractivity contribution in [3.05, 3.63) is 22.9 Å². The summed E-state index contributed by atoms with van der Waals surface area (Å²) >= 11 is 3.31. The van der Waals surface area contributed by atoms with Crippen LogP contribution in [0.5, 0.6) is 0 Å². The molecule has 0 aromatic carbocycles. The molecule has 0 saturated heterocycles. The zero-order chi connectivity index (χ0) is 9.97. The van der Waals surface area contributed by atoms with Gasteiger partial charge in [-0.3, -0.25) is 0 Å². The van der Waals surface area contributed by atoms with Gasteiger partial charge < -0.3 is 11.1 Å². The van der Waals surface area contributed by atoms with Crippen molar-refractivity contribution in [3.8, 4) is 0 Å². The molecule has 1 fully saturated rings. The van der Waals surface area contributed by atoms with E-state index in [4.69, 9.17) is 5.73 Å². The lowest BCUT2D eigenvalue weighted by Crippen LogP contribution is -2.20. The monoisotopic (exact) mass is 255 g/mol. The van der Waals surface area contributed by atoms with Gasteiger partial charge in [0.1, 0.15) is 4.60 Å². The van der Waals surface area contributed by atoms with Gasteiger partial charge in [0.15, 0.2) is 0 Å². The third-order valence-electron chi connectivity index (χ3n) is 2.57. The molecule has 14 heavy (non-hydrogen) atoms. The van der Waals surface area contributed by atoms with E-state index in [9.17, 15) is 0 Å². The van der Waals surface area contributed by atoms with Gasteiger partial charge in [-0.2, -0.15) is 0 Å². The summed E-state index contributed by atoms with van der Waals surface area (Å²) in [5.41, 5.74) is 6.92. The van der Waals surface area contributed by atoms with Crippen LogP contribution in [0.25, 0.3) is 0 Å². The standard InChI is InChI=1S/C10H14BrN3/c11-10-4-3-9(6-13-10)14-8-2-1-7(12)5-8/h3-4,6-8,14H,1-2,5,12H2. The van der Waals surface area contributed by atoms with Crippen molar-refractivity contribution in [2.75, 3.05) is 5.32 Å². The molecule has 1 aromatic heterocycles. The molecule has 4 heteroatoms. The molecular formula is C10H14BrN3. The number of nitrogens with two attached hydrogens (primary N) is 1. The fraction of sp³-hybridized carbons (Fsp3) is 0.500. The third kappa shape index (κ3) is 2.45. The van der Waals surface area contributed by atoms with E-state index in [-0.39, 0.29) is 0 Å². The van der Waals surface area contributed by atoms with Gasteiger partial charge in [0, 0.05) is 12.1 Å². The number of rotatable bonds is 2. The van der Waals surface area contributed by atoms with Gasteiger partial charge in [-0.05, 0) is 47.3 Å². The molecule has 76 valence electrons. The van der Waals surface area contributed by atoms with Crippen LogP contribution < -0.4 is 11.1 Å². The minimum absolute atomic E-state index is 0.371. The van der Waals surface area contributed by atoms with Crippen LogP contribution in [0.2, 0.25) is 0 Å². The number of anilines is 1. The first-order valence-corrected chi connectivity index (χ1v) is 5.67. The Labute approximate surface area is 92.2 Å². The van der Waals surface area contributed by atoms with Crippen LogP contribution in [0.15, 0.2) is 22.9 Å². The Kier molecular flexibility index (Phi) is 3.03. The summed E-state index contributed by atoms with van der Waals surface area (Å²) in [6.45, 7) is 0. The highest BCUT2D eigenvalue weighted by Crippen LogP contribution is 2.21. The summed E-state index contributed by atoms with van der Waals surface area (Å²) in [5.74, 6) is 0. The Morgan fingerprint density at radius 3 is 2.86 bits per heavy atom. The average Bonchev–Trinajstić information content (AvgIpc) is 2.56. The summed E-state index contributed by atoms with van der Waals surface area (Å²) in [6.07, 6.45) is 5.20. The molecule has 1 aliphatic carbocycles. The van der Waals surface area contributed by atoms with Crippen molar-refractivity contribution in [2.45, 2.75) is 31.3 Å². The molecule has 0 aliphatic heterocycles. The fourth-order valence-corrected chi connectivity index (χ4v) is 2.08. The van der Waals surface area contributed by atoms with E-state index >= 15 is 0 Å². The van der Waals surface area contributed by atoms with E-state index in [1.807, 2.05) is 18.3 Å². The van der Waals surface area contributed by atoms with Crippen LogP contribution >= 0.6 is 15.9 Å². The topological polar surface area (TPSA) is 50.9 Å². The second-order valence-electron chi connectivity index (χ2n) is 3.78. The van der Waals surface area contributed by atoms with Crippen LogP contribution in [-0.2, 0) is 0 Å². The van der Waals surface area contributed by atoms with Crippen LogP contribution in [0.3, 0.4) is 0 Å². The van der Waals surface area contributed by atoms with Crippen molar-refractivity contribution in [2.24, 2.45) is 5.73 Å². The molecule has 0 spiro atoms. The van der Waals surface area contributed by atoms with E-state index in [0.717, 1.165) is 29.6 Å². The zero-order valence-corrected chi connectivity index (χ0v) is 9.50. The molecule has 3 nitrogen and oxygen atoms in total. The maximum absolute atomic E-state index is 5.84. The minimum atomic E-state index is 0.371. The second-order valence-corrected chi connectivity index (χ2v) is 4.60. The summed E-state index contributed by atoms with van der Waals surface area (Å²) < 4.78 is 0.867. The lowest BCUT2D eigenvalue weighted by molar-refractivity contribution is 0.687. The van der Waals surface area contributed by atoms with Gasteiger partial charge in [-0.25, -0.2) is 4.98 Å². The molecule has 1 saturated carbocycles. The molecule has 1 aliphatic rings. The quantitative estimate of drug-likeness (QED) is 0.797. The minimum Gasteiger partial charge on any atom is -0.381 e. The Balaban J connectivity index is 1.94. The van der Waals surface area contributed by atoms with Crippen molar-refractivity contribution in [1.82, 2.24) is 4.98 Å². The molecule has 1 heterocycles. The molecule has 0 amide bonds. The van der Waals surface area contributed by atoms with E-state index in [2.05, 4.69) is 26.2 Å². The van der Waals surface area contributed by atoms with E-state index in [1.165, 1.54) is 0 Å². The van der Waals surface area contributed by atoms with Gasteiger partial charge in [0.25, 0.3) is 0 Å². The molecule has 2 atom stereocenters. The van der Waals surface area contributed by atoms with Crippen LogP contribution in [0, 0.1) is 0 Å². The highest BCUT2D eigenvalue weighted by Gasteiger charge is 2.21. The second kappa shape index (κ2) is 4.28. The number of pyridine rings is 1. The normalized spacial score (nSPS) is 26.4. The van der Waals surface area contributed by atoms with E-state index < -0.39 is 0 Å². The Morgan fingerprint density at radius 2 is 2.29 bits per heavy atom. The third-order valence-corrected chi connectivity index (χ3v) is 3.04. The highest BCUT2D eigenvalue weighted by molar-refractivity contribution is 9.10. The van der Waals surface area contributed by atoms with Crippen LogP contribution in [0.4, 0.5) is 5.69 Å². The van der Waals surface area contributed by atoms with Crippen molar-refractivity contribution in [3.63, 3.8) is 0 Å². The predicted molar refractivity (Wildman–Crippen MR) is 61.2 cm³/mol. The van der Waals surface area contributed by atoms with Crippen LogP contribution in [0.1, 0.15) is 19.3 Å². The summed E-state index contributed by atoms with van der Waals surface area (Å²) in [6, 6.07) is 4.86. The molecule has 3 N–H and O–H groups in total. The van der Waals surface area contributed by atoms with E-state index in [1.54, 1.807) is 0 Å². The maximum atomic E-state index is 5.84. The molecule has 1 aromatic rings. The van der Waals surface area contributed by atoms with Gasteiger partial charge in [-0.1, -0.05) is 0 Å². The number of aromatic nitrogens is 1. The van der Waals surface area contributed by atoms with Crippen molar-refractivity contribution < 1.29 is 0 Å². The van der Waals surface area contributed by atoms with Crippen molar-refractivity contribution in [1.29, 1.82) is 0 Å². The number of hydrogen-bond acceptors (Lipinski definition) is 3. The average molecular weight is 256 g/mol. The van der Waals surface area contributed by atoms with Crippen LogP contribution in [-0.4, -0.2) is 17.1 Å². The lowest BCUT2D eigenvalue weighted by Gasteiger charge is -2.13. The number of hydrogen-bond donors (Lipinski definition) is 2. The van der Waals surface area contributed by atoms with Gasteiger partial charge in [-0.15, -0.1) is 0 Å². The largest absolute Gasteiger partial charge is 0.381 e. The fourth-order valence-electron chi connectivity index (χ4n) is 1.84. The lowest BCUT2D eigenvalue weighted by atomic mass is 10.2. The molecule has 2 unspecified atom stereocenters. The summed E-state index contributed by atoms with van der Waals surface area (Å²) in [4.78, 5) is 4.16. The SMILES string of the molecule is NC1CCC(Nc2ccc(Br)nc2)C1. The Morgan fingerprint density at radius 1 is 1.43 bits per heavy atom. The van der Waals surface area contributed by atoms with Crippen molar-refractivity contribution >= 4 is 21.6 Å². The predicted octanol–water partition coefficient (Wildman–Crippen LogP) is 2.14. The Bertz CT molecular complexity index is 299. The van der Waals surface area contributed by atoms with Gasteiger partial charge >= 0.3 is 0 Å².